The number of carbonyl (C=O) groups is 1. The number of hydrogen-bond donors (Lipinski definition) is 0. The molecule has 0 spiro atoms. The first-order valence-electron chi connectivity index (χ1n) is 10.4. The summed E-state index contributed by atoms with van der Waals surface area (Å²) in [4.78, 5) is 29.6. The fourth-order valence-electron chi connectivity index (χ4n) is 4.26. The van der Waals surface area contributed by atoms with E-state index in [9.17, 15) is 4.79 Å². The van der Waals surface area contributed by atoms with Crippen molar-refractivity contribution < 1.29 is 14.1 Å². The molecule has 2 aliphatic heterocycles. The van der Waals surface area contributed by atoms with Gasteiger partial charge in [-0.25, -0.2) is 4.98 Å². The van der Waals surface area contributed by atoms with Gasteiger partial charge in [0.05, 0.1) is 25.3 Å². The normalized spacial score (nSPS) is 21.9. The van der Waals surface area contributed by atoms with E-state index in [-0.39, 0.29) is 11.9 Å². The standard InChI is InChI=1S/C20H28N6O3/c1-2-28-20(27)15-4-3-9-26(13-15)16-5-10-25(11-6-16)14-18-23-19(24-29-18)17-12-21-7-8-22-17/h7-8,12,15-16H,2-6,9-11,13-14H2,1H3/t15-/m0/s1. The Morgan fingerprint density at radius 1 is 1.24 bits per heavy atom. The van der Waals surface area contributed by atoms with E-state index in [1.165, 1.54) is 0 Å². The van der Waals surface area contributed by atoms with Crippen LogP contribution in [0.5, 0.6) is 0 Å². The van der Waals surface area contributed by atoms with Crippen molar-refractivity contribution in [1.82, 2.24) is 29.9 Å². The zero-order chi connectivity index (χ0) is 20.1. The molecule has 0 amide bonds. The summed E-state index contributed by atoms with van der Waals surface area (Å²) in [5.74, 6) is 1.07. The van der Waals surface area contributed by atoms with Gasteiger partial charge in [-0.05, 0) is 39.2 Å². The van der Waals surface area contributed by atoms with Crippen molar-refractivity contribution >= 4 is 5.97 Å². The van der Waals surface area contributed by atoms with E-state index in [0.29, 0.717) is 36.6 Å². The molecule has 0 radical (unpaired) electrons. The zero-order valence-corrected chi connectivity index (χ0v) is 16.9. The van der Waals surface area contributed by atoms with Crippen LogP contribution in [0, 0.1) is 5.92 Å². The van der Waals surface area contributed by atoms with Gasteiger partial charge in [0, 0.05) is 38.1 Å². The quantitative estimate of drug-likeness (QED) is 0.672. The topological polar surface area (TPSA) is 97.5 Å². The number of hydrogen-bond acceptors (Lipinski definition) is 9. The van der Waals surface area contributed by atoms with Crippen LogP contribution in [0.25, 0.3) is 11.5 Å². The average molecular weight is 400 g/mol. The van der Waals surface area contributed by atoms with E-state index in [1.807, 2.05) is 6.92 Å². The zero-order valence-electron chi connectivity index (χ0n) is 16.9. The minimum atomic E-state index is -0.0371. The smallest absolute Gasteiger partial charge is 0.310 e. The van der Waals surface area contributed by atoms with Gasteiger partial charge in [-0.15, -0.1) is 0 Å². The van der Waals surface area contributed by atoms with Gasteiger partial charge in [-0.1, -0.05) is 5.16 Å². The fraction of sp³-hybridized carbons (Fsp3) is 0.650. The van der Waals surface area contributed by atoms with Crippen LogP contribution in [-0.2, 0) is 16.1 Å². The summed E-state index contributed by atoms with van der Waals surface area (Å²) in [6.45, 7) is 6.84. The SMILES string of the molecule is CCOC(=O)[C@H]1CCCN(C2CCN(Cc3nc(-c4cnccn4)no3)CC2)C1. The maximum Gasteiger partial charge on any atom is 0.310 e. The second-order valence-corrected chi connectivity index (χ2v) is 7.70. The van der Waals surface area contributed by atoms with E-state index >= 15 is 0 Å². The molecule has 0 aliphatic carbocycles. The first-order chi connectivity index (χ1) is 14.2. The van der Waals surface area contributed by atoms with Crippen molar-refractivity contribution in [2.75, 3.05) is 32.8 Å². The lowest BCUT2D eigenvalue weighted by atomic mass is 9.94. The molecular formula is C20H28N6O3. The molecule has 0 bridgehead atoms. The maximum atomic E-state index is 12.1. The second-order valence-electron chi connectivity index (χ2n) is 7.70. The molecule has 4 heterocycles. The van der Waals surface area contributed by atoms with Gasteiger partial charge >= 0.3 is 5.97 Å². The Hall–Kier alpha value is -2.39. The number of carbonyl (C=O) groups excluding carboxylic acids is 1. The summed E-state index contributed by atoms with van der Waals surface area (Å²) < 4.78 is 10.6. The van der Waals surface area contributed by atoms with Gasteiger partial charge in [0.2, 0.25) is 11.7 Å². The van der Waals surface area contributed by atoms with E-state index in [2.05, 4.69) is 29.9 Å². The Bertz CT molecular complexity index is 791. The van der Waals surface area contributed by atoms with Crippen molar-refractivity contribution in [3.63, 3.8) is 0 Å². The van der Waals surface area contributed by atoms with Crippen molar-refractivity contribution in [1.29, 1.82) is 0 Å². The minimum Gasteiger partial charge on any atom is -0.466 e. The van der Waals surface area contributed by atoms with Crippen LogP contribution in [0.2, 0.25) is 0 Å². The molecule has 2 aromatic heterocycles. The number of nitrogens with zero attached hydrogens (tertiary/aromatic N) is 6. The highest BCUT2D eigenvalue weighted by molar-refractivity contribution is 5.72. The first-order valence-corrected chi connectivity index (χ1v) is 10.4. The summed E-state index contributed by atoms with van der Waals surface area (Å²) in [5.41, 5.74) is 0.613. The predicted octanol–water partition coefficient (Wildman–Crippen LogP) is 1.77. The number of likely N-dealkylation sites (tertiary alicyclic amines) is 2. The number of rotatable bonds is 6. The molecular weight excluding hydrogens is 372 g/mol. The molecule has 9 nitrogen and oxygen atoms in total. The van der Waals surface area contributed by atoms with Crippen LogP contribution < -0.4 is 0 Å². The van der Waals surface area contributed by atoms with Gasteiger partial charge < -0.3 is 9.26 Å². The van der Waals surface area contributed by atoms with E-state index in [4.69, 9.17) is 9.26 Å². The summed E-state index contributed by atoms with van der Waals surface area (Å²) >= 11 is 0. The van der Waals surface area contributed by atoms with E-state index in [0.717, 1.165) is 51.9 Å². The lowest BCUT2D eigenvalue weighted by molar-refractivity contribution is -0.150. The molecule has 2 aliphatic rings. The molecule has 2 saturated heterocycles. The molecule has 0 aromatic carbocycles. The Morgan fingerprint density at radius 3 is 2.86 bits per heavy atom. The third-order valence-electron chi connectivity index (χ3n) is 5.77. The number of ether oxygens (including phenoxy) is 1. The Morgan fingerprint density at radius 2 is 2.10 bits per heavy atom. The molecule has 0 unspecified atom stereocenters. The molecule has 0 saturated carbocycles. The van der Waals surface area contributed by atoms with Crippen LogP contribution in [0.3, 0.4) is 0 Å². The summed E-state index contributed by atoms with van der Waals surface area (Å²) in [6, 6.07) is 0.529. The Balaban J connectivity index is 1.26. The van der Waals surface area contributed by atoms with Crippen molar-refractivity contribution in [2.45, 2.75) is 45.2 Å². The average Bonchev–Trinajstić information content (AvgIpc) is 3.24. The number of piperidine rings is 2. The largest absolute Gasteiger partial charge is 0.466 e. The first kappa shape index (κ1) is 19.9. The van der Waals surface area contributed by atoms with Gasteiger partial charge in [0.1, 0.15) is 5.69 Å². The van der Waals surface area contributed by atoms with Crippen LogP contribution in [0.1, 0.15) is 38.5 Å². The lowest BCUT2D eigenvalue weighted by Crippen LogP contribution is -2.49. The highest BCUT2D eigenvalue weighted by Crippen LogP contribution is 2.25. The molecule has 1 atom stereocenters. The van der Waals surface area contributed by atoms with Crippen LogP contribution in [0.4, 0.5) is 0 Å². The summed E-state index contributed by atoms with van der Waals surface area (Å²) in [7, 11) is 0. The third kappa shape index (κ3) is 4.97. The fourth-order valence-corrected chi connectivity index (χ4v) is 4.26. The van der Waals surface area contributed by atoms with Crippen LogP contribution in [0.15, 0.2) is 23.1 Å². The van der Waals surface area contributed by atoms with Gasteiger partial charge in [0.25, 0.3) is 0 Å². The van der Waals surface area contributed by atoms with Gasteiger partial charge in [-0.2, -0.15) is 4.98 Å². The molecule has 4 rings (SSSR count). The molecule has 29 heavy (non-hydrogen) atoms. The van der Waals surface area contributed by atoms with Crippen molar-refractivity contribution in [3.8, 4) is 11.5 Å². The van der Waals surface area contributed by atoms with Crippen molar-refractivity contribution in [2.24, 2.45) is 5.92 Å². The minimum absolute atomic E-state index is 0.0274. The predicted molar refractivity (Wildman–Crippen MR) is 105 cm³/mol. The highest BCUT2D eigenvalue weighted by atomic mass is 16.5. The monoisotopic (exact) mass is 400 g/mol. The van der Waals surface area contributed by atoms with Crippen LogP contribution in [-0.4, -0.2) is 74.7 Å². The van der Waals surface area contributed by atoms with Crippen molar-refractivity contribution in [3.05, 3.63) is 24.5 Å². The van der Waals surface area contributed by atoms with E-state index < -0.39 is 0 Å². The molecule has 156 valence electrons. The Labute approximate surface area is 170 Å². The lowest BCUT2D eigenvalue weighted by Gasteiger charge is -2.41. The summed E-state index contributed by atoms with van der Waals surface area (Å²) in [6.07, 6.45) is 9.04. The second kappa shape index (κ2) is 9.41. The summed E-state index contributed by atoms with van der Waals surface area (Å²) in [5, 5.41) is 4.01. The maximum absolute atomic E-state index is 12.1. The Kier molecular flexibility index (Phi) is 6.46. The van der Waals surface area contributed by atoms with Gasteiger partial charge in [0.15, 0.2) is 0 Å². The highest BCUT2D eigenvalue weighted by Gasteiger charge is 2.32. The number of aromatic nitrogens is 4. The van der Waals surface area contributed by atoms with Crippen LogP contribution >= 0.6 is 0 Å². The molecule has 9 heteroatoms. The molecule has 2 aromatic rings. The van der Waals surface area contributed by atoms with Gasteiger partial charge in [-0.3, -0.25) is 19.6 Å². The molecule has 2 fully saturated rings. The molecule has 0 N–H and O–H groups in total. The number of esters is 1. The third-order valence-corrected chi connectivity index (χ3v) is 5.77. The van der Waals surface area contributed by atoms with E-state index in [1.54, 1.807) is 18.6 Å².